The first-order valence-electron chi connectivity index (χ1n) is 6.62. The van der Waals surface area contributed by atoms with Crippen molar-refractivity contribution in [3.05, 3.63) is 56.2 Å². The second kappa shape index (κ2) is 6.75. The Morgan fingerprint density at radius 3 is 2.25 bits per heavy atom. The summed E-state index contributed by atoms with van der Waals surface area (Å²) in [7, 11) is 1.43. The van der Waals surface area contributed by atoms with Gasteiger partial charge in [0.15, 0.2) is 0 Å². The molecule has 5 heteroatoms. The molecule has 1 heterocycles. The average molecular weight is 275 g/mol. The van der Waals surface area contributed by atoms with Crippen LogP contribution in [-0.4, -0.2) is 9.55 Å². The van der Waals surface area contributed by atoms with Gasteiger partial charge in [0.2, 0.25) is 0 Å². The standard InChI is InChI=1S/C13H15N3O2.C2H6/c1-8-4-5-10(6-9(8)2)14-11-7-12(17)16(3)13(18)15-11;1-2/h4-7,14H,1-3H3,(H,15,18);1-2H3. The van der Waals surface area contributed by atoms with E-state index in [1.807, 2.05) is 45.9 Å². The van der Waals surface area contributed by atoms with Crippen LogP contribution >= 0.6 is 0 Å². The van der Waals surface area contributed by atoms with Crippen LogP contribution in [0.2, 0.25) is 0 Å². The van der Waals surface area contributed by atoms with E-state index in [-0.39, 0.29) is 5.56 Å². The molecule has 0 aliphatic rings. The summed E-state index contributed by atoms with van der Waals surface area (Å²) in [5.74, 6) is 0.395. The molecule has 108 valence electrons. The third-order valence-corrected chi connectivity index (χ3v) is 2.93. The molecule has 2 rings (SSSR count). The molecule has 0 saturated heterocycles. The second-order valence-electron chi connectivity index (χ2n) is 4.31. The number of hydrogen-bond donors (Lipinski definition) is 2. The molecule has 0 radical (unpaired) electrons. The first-order valence-corrected chi connectivity index (χ1v) is 6.62. The Hall–Kier alpha value is -2.30. The summed E-state index contributed by atoms with van der Waals surface area (Å²) in [5, 5.41) is 3.01. The van der Waals surface area contributed by atoms with Gasteiger partial charge >= 0.3 is 5.69 Å². The van der Waals surface area contributed by atoms with Gasteiger partial charge < -0.3 is 5.32 Å². The van der Waals surface area contributed by atoms with Gasteiger partial charge in [-0.2, -0.15) is 0 Å². The molecule has 5 nitrogen and oxygen atoms in total. The zero-order valence-electron chi connectivity index (χ0n) is 12.6. The smallest absolute Gasteiger partial charge is 0.329 e. The van der Waals surface area contributed by atoms with Crippen LogP contribution in [-0.2, 0) is 7.05 Å². The zero-order chi connectivity index (χ0) is 15.3. The molecule has 0 aliphatic heterocycles. The molecule has 0 unspecified atom stereocenters. The van der Waals surface area contributed by atoms with E-state index in [2.05, 4.69) is 10.3 Å². The Labute approximate surface area is 118 Å². The van der Waals surface area contributed by atoms with Crippen LogP contribution in [0.15, 0.2) is 33.9 Å². The fourth-order valence-electron chi connectivity index (χ4n) is 1.60. The Morgan fingerprint density at radius 1 is 1.05 bits per heavy atom. The van der Waals surface area contributed by atoms with E-state index in [4.69, 9.17) is 0 Å². The van der Waals surface area contributed by atoms with Gasteiger partial charge in [-0.3, -0.25) is 14.3 Å². The minimum atomic E-state index is -0.436. The van der Waals surface area contributed by atoms with E-state index in [0.717, 1.165) is 15.8 Å². The van der Waals surface area contributed by atoms with Crippen LogP contribution in [0.25, 0.3) is 0 Å². The van der Waals surface area contributed by atoms with Crippen molar-refractivity contribution < 1.29 is 0 Å². The highest BCUT2D eigenvalue weighted by molar-refractivity contribution is 5.57. The SMILES string of the molecule is CC.Cc1ccc(Nc2cc(=O)n(C)c(=O)[nH]2)cc1C. The molecular weight excluding hydrogens is 254 g/mol. The van der Waals surface area contributed by atoms with E-state index in [1.54, 1.807) is 0 Å². The Balaban J connectivity index is 0.000000956. The van der Waals surface area contributed by atoms with E-state index < -0.39 is 5.69 Å². The lowest BCUT2D eigenvalue weighted by atomic mass is 10.1. The summed E-state index contributed by atoms with van der Waals surface area (Å²) >= 11 is 0. The number of aromatic amines is 1. The van der Waals surface area contributed by atoms with Crippen molar-refractivity contribution in [1.82, 2.24) is 9.55 Å². The molecule has 0 amide bonds. The van der Waals surface area contributed by atoms with Crippen molar-refractivity contribution in [2.24, 2.45) is 7.05 Å². The normalized spacial score (nSPS) is 9.65. The highest BCUT2D eigenvalue weighted by Crippen LogP contribution is 2.16. The molecule has 0 aliphatic carbocycles. The highest BCUT2D eigenvalue weighted by atomic mass is 16.2. The topological polar surface area (TPSA) is 66.9 Å². The first kappa shape index (κ1) is 15.8. The first-order chi connectivity index (χ1) is 9.47. The van der Waals surface area contributed by atoms with Crippen molar-refractivity contribution in [3.63, 3.8) is 0 Å². The summed E-state index contributed by atoms with van der Waals surface area (Å²) in [4.78, 5) is 25.5. The molecule has 0 spiro atoms. The van der Waals surface area contributed by atoms with Crippen LogP contribution in [0, 0.1) is 13.8 Å². The number of hydrogen-bond acceptors (Lipinski definition) is 3. The number of nitrogens with one attached hydrogen (secondary N) is 2. The largest absolute Gasteiger partial charge is 0.342 e. The molecule has 0 atom stereocenters. The Bertz CT molecular complexity index is 668. The molecule has 20 heavy (non-hydrogen) atoms. The summed E-state index contributed by atoms with van der Waals surface area (Å²) < 4.78 is 1.02. The Morgan fingerprint density at radius 2 is 1.70 bits per heavy atom. The molecule has 1 aromatic heterocycles. The molecule has 0 bridgehead atoms. The monoisotopic (exact) mass is 275 g/mol. The van der Waals surface area contributed by atoms with Crippen molar-refractivity contribution >= 4 is 11.5 Å². The zero-order valence-corrected chi connectivity index (χ0v) is 12.6. The number of H-pyrrole nitrogens is 1. The lowest BCUT2D eigenvalue weighted by Crippen LogP contribution is -2.32. The van der Waals surface area contributed by atoms with Crippen LogP contribution in [0.3, 0.4) is 0 Å². The van der Waals surface area contributed by atoms with Crippen molar-refractivity contribution in [2.75, 3.05) is 5.32 Å². The predicted octanol–water partition coefficient (Wildman–Crippen LogP) is 2.46. The summed E-state index contributed by atoms with van der Waals surface area (Å²) in [6.45, 7) is 8.03. The number of rotatable bonds is 2. The quantitative estimate of drug-likeness (QED) is 0.884. The van der Waals surface area contributed by atoms with Gasteiger partial charge in [-0.1, -0.05) is 19.9 Å². The van der Waals surface area contributed by atoms with Crippen LogP contribution < -0.4 is 16.6 Å². The van der Waals surface area contributed by atoms with Crippen molar-refractivity contribution in [3.8, 4) is 0 Å². The van der Waals surface area contributed by atoms with E-state index in [9.17, 15) is 9.59 Å². The second-order valence-corrected chi connectivity index (χ2v) is 4.31. The Kier molecular flexibility index (Phi) is 5.32. The number of benzene rings is 1. The van der Waals surface area contributed by atoms with Gasteiger partial charge in [0.25, 0.3) is 5.56 Å². The molecule has 0 fully saturated rings. The summed E-state index contributed by atoms with van der Waals surface area (Å²) in [5.41, 5.74) is 2.39. The molecule has 1 aromatic carbocycles. The van der Waals surface area contributed by atoms with Gasteiger partial charge in [-0.15, -0.1) is 0 Å². The number of anilines is 2. The van der Waals surface area contributed by atoms with E-state index >= 15 is 0 Å². The minimum Gasteiger partial charge on any atom is -0.342 e. The van der Waals surface area contributed by atoms with Crippen molar-refractivity contribution in [2.45, 2.75) is 27.7 Å². The van der Waals surface area contributed by atoms with Gasteiger partial charge in [0.05, 0.1) is 0 Å². The number of aryl methyl sites for hydroxylation is 2. The fraction of sp³-hybridized carbons (Fsp3) is 0.333. The minimum absolute atomic E-state index is 0.343. The maximum Gasteiger partial charge on any atom is 0.329 e. The van der Waals surface area contributed by atoms with Gasteiger partial charge in [0.1, 0.15) is 5.82 Å². The van der Waals surface area contributed by atoms with Crippen LogP contribution in [0.1, 0.15) is 25.0 Å². The lowest BCUT2D eigenvalue weighted by molar-refractivity contribution is 0.778. The van der Waals surface area contributed by atoms with Gasteiger partial charge in [0, 0.05) is 18.8 Å². The van der Waals surface area contributed by atoms with Gasteiger partial charge in [-0.05, 0) is 37.1 Å². The van der Waals surface area contributed by atoms with E-state index in [1.165, 1.54) is 18.7 Å². The van der Waals surface area contributed by atoms with Crippen molar-refractivity contribution in [1.29, 1.82) is 0 Å². The summed E-state index contributed by atoms with van der Waals surface area (Å²) in [6, 6.07) is 7.21. The van der Waals surface area contributed by atoms with E-state index in [0.29, 0.717) is 5.82 Å². The average Bonchev–Trinajstić information content (AvgIpc) is 2.42. The predicted molar refractivity (Wildman–Crippen MR) is 82.9 cm³/mol. The summed E-state index contributed by atoms with van der Waals surface area (Å²) in [6.07, 6.45) is 0. The molecule has 2 aromatic rings. The molecular formula is C15H21N3O2. The third kappa shape index (κ3) is 3.60. The van der Waals surface area contributed by atoms with Gasteiger partial charge in [-0.25, -0.2) is 4.79 Å². The molecule has 0 saturated carbocycles. The number of aromatic nitrogens is 2. The number of nitrogens with zero attached hydrogens (tertiary/aromatic N) is 1. The molecule has 2 N–H and O–H groups in total. The maximum atomic E-state index is 11.5. The highest BCUT2D eigenvalue weighted by Gasteiger charge is 2.02. The third-order valence-electron chi connectivity index (χ3n) is 2.93. The maximum absolute atomic E-state index is 11.5. The fourth-order valence-corrected chi connectivity index (χ4v) is 1.60. The van der Waals surface area contributed by atoms with Crippen LogP contribution in [0.5, 0.6) is 0 Å². The lowest BCUT2D eigenvalue weighted by Gasteiger charge is -2.08. The van der Waals surface area contributed by atoms with Crippen LogP contribution in [0.4, 0.5) is 11.5 Å².